The van der Waals surface area contributed by atoms with Crippen molar-refractivity contribution in [2.45, 2.75) is 39.0 Å². The van der Waals surface area contributed by atoms with Crippen LogP contribution in [0.2, 0.25) is 0 Å². The molecule has 0 fully saturated rings. The number of hydrogen-bond acceptors (Lipinski definition) is 0. The van der Waals surface area contributed by atoms with Gasteiger partial charge >= 0.3 is 0 Å². The molecule has 1 atom stereocenters. The maximum atomic E-state index is 3.60. The van der Waals surface area contributed by atoms with E-state index in [1.165, 1.54) is 37.7 Å². The summed E-state index contributed by atoms with van der Waals surface area (Å²) in [4.78, 5) is 0. The van der Waals surface area contributed by atoms with Crippen molar-refractivity contribution in [2.75, 3.05) is 5.33 Å². The topological polar surface area (TPSA) is 0 Å². The molecule has 0 heterocycles. The molecule has 0 radical (unpaired) electrons. The predicted octanol–water partition coefficient (Wildman–Crippen LogP) is 4.14. The lowest BCUT2D eigenvalue weighted by molar-refractivity contribution is 0.573. The standard InChI is InChI=1S/C14H19Br/c1-2-11(10-15)8-12-6-7-13-4-3-5-14(13)9-12/h6-7,9,11H,2-5,8,10H2,1H3. The molecular formula is C14H19Br. The van der Waals surface area contributed by atoms with Crippen molar-refractivity contribution in [1.29, 1.82) is 0 Å². The van der Waals surface area contributed by atoms with Crippen molar-refractivity contribution in [3.05, 3.63) is 34.9 Å². The van der Waals surface area contributed by atoms with Crippen molar-refractivity contribution in [2.24, 2.45) is 5.92 Å². The smallest absolute Gasteiger partial charge is 0.00627 e. The van der Waals surface area contributed by atoms with E-state index in [0.29, 0.717) is 0 Å². The van der Waals surface area contributed by atoms with Gasteiger partial charge in [0.2, 0.25) is 0 Å². The second-order valence-electron chi connectivity index (χ2n) is 4.59. The molecule has 82 valence electrons. The fourth-order valence-electron chi connectivity index (χ4n) is 2.39. The van der Waals surface area contributed by atoms with E-state index < -0.39 is 0 Å². The quantitative estimate of drug-likeness (QED) is 0.719. The third-order valence-corrected chi connectivity index (χ3v) is 4.40. The molecule has 0 saturated heterocycles. The van der Waals surface area contributed by atoms with Crippen molar-refractivity contribution >= 4 is 15.9 Å². The summed E-state index contributed by atoms with van der Waals surface area (Å²) in [5.74, 6) is 0.796. The molecule has 0 aliphatic heterocycles. The van der Waals surface area contributed by atoms with Gasteiger partial charge in [0.15, 0.2) is 0 Å². The summed E-state index contributed by atoms with van der Waals surface area (Å²) in [6.45, 7) is 2.28. The van der Waals surface area contributed by atoms with Gasteiger partial charge in [0.05, 0.1) is 0 Å². The molecule has 1 unspecified atom stereocenters. The van der Waals surface area contributed by atoms with E-state index in [-0.39, 0.29) is 0 Å². The predicted molar refractivity (Wildman–Crippen MR) is 69.7 cm³/mol. The molecule has 0 saturated carbocycles. The Hall–Kier alpha value is -0.300. The summed E-state index contributed by atoms with van der Waals surface area (Å²) < 4.78 is 0. The van der Waals surface area contributed by atoms with Crippen molar-refractivity contribution in [3.8, 4) is 0 Å². The lowest BCUT2D eigenvalue weighted by atomic mass is 9.96. The highest BCUT2D eigenvalue weighted by Gasteiger charge is 2.12. The van der Waals surface area contributed by atoms with E-state index >= 15 is 0 Å². The molecular weight excluding hydrogens is 248 g/mol. The van der Waals surface area contributed by atoms with Crippen LogP contribution in [0.5, 0.6) is 0 Å². The van der Waals surface area contributed by atoms with E-state index in [2.05, 4.69) is 41.1 Å². The Morgan fingerprint density at radius 2 is 2.07 bits per heavy atom. The number of halogens is 1. The Morgan fingerprint density at radius 3 is 2.80 bits per heavy atom. The first-order valence-corrected chi connectivity index (χ1v) is 7.12. The molecule has 0 nitrogen and oxygen atoms in total. The highest BCUT2D eigenvalue weighted by Crippen LogP contribution is 2.24. The normalized spacial score (nSPS) is 16.4. The second-order valence-corrected chi connectivity index (χ2v) is 5.24. The van der Waals surface area contributed by atoms with Crippen molar-refractivity contribution in [1.82, 2.24) is 0 Å². The second kappa shape index (κ2) is 5.16. The Kier molecular flexibility index (Phi) is 3.85. The van der Waals surface area contributed by atoms with Crippen molar-refractivity contribution in [3.63, 3.8) is 0 Å². The zero-order chi connectivity index (χ0) is 10.7. The maximum Gasteiger partial charge on any atom is 0.00627 e. The van der Waals surface area contributed by atoms with Crippen LogP contribution in [-0.4, -0.2) is 5.33 Å². The van der Waals surface area contributed by atoms with Gasteiger partial charge in [-0.05, 0) is 48.3 Å². The molecule has 1 heteroatoms. The fourth-order valence-corrected chi connectivity index (χ4v) is 3.08. The largest absolute Gasteiger partial charge is 0.0925 e. The van der Waals surface area contributed by atoms with Crippen LogP contribution < -0.4 is 0 Å². The lowest BCUT2D eigenvalue weighted by Crippen LogP contribution is -2.04. The maximum absolute atomic E-state index is 3.60. The van der Waals surface area contributed by atoms with Crippen LogP contribution in [0.3, 0.4) is 0 Å². The van der Waals surface area contributed by atoms with Gasteiger partial charge in [0, 0.05) is 5.33 Å². The van der Waals surface area contributed by atoms with Crippen LogP contribution >= 0.6 is 15.9 Å². The highest BCUT2D eigenvalue weighted by atomic mass is 79.9. The van der Waals surface area contributed by atoms with Gasteiger partial charge in [-0.25, -0.2) is 0 Å². The van der Waals surface area contributed by atoms with Gasteiger partial charge in [-0.15, -0.1) is 0 Å². The van der Waals surface area contributed by atoms with Crippen LogP contribution in [0.25, 0.3) is 0 Å². The van der Waals surface area contributed by atoms with Gasteiger partial charge < -0.3 is 0 Å². The van der Waals surface area contributed by atoms with Crippen LogP contribution in [0.15, 0.2) is 18.2 Å². The van der Waals surface area contributed by atoms with Crippen molar-refractivity contribution < 1.29 is 0 Å². The molecule has 1 aromatic rings. The molecule has 15 heavy (non-hydrogen) atoms. The minimum atomic E-state index is 0.796. The Bertz CT molecular complexity index is 326. The minimum Gasteiger partial charge on any atom is -0.0925 e. The molecule has 0 bridgehead atoms. The summed E-state index contributed by atoms with van der Waals surface area (Å²) in [6.07, 6.45) is 6.45. The zero-order valence-corrected chi connectivity index (χ0v) is 11.0. The first-order chi connectivity index (χ1) is 7.33. The minimum absolute atomic E-state index is 0.796. The van der Waals surface area contributed by atoms with E-state index in [4.69, 9.17) is 0 Å². The molecule has 1 aromatic carbocycles. The summed E-state index contributed by atoms with van der Waals surface area (Å²) >= 11 is 3.60. The van der Waals surface area contributed by atoms with E-state index in [1.54, 1.807) is 11.1 Å². The van der Waals surface area contributed by atoms with Crippen LogP contribution in [0.1, 0.15) is 36.5 Å². The first-order valence-electron chi connectivity index (χ1n) is 6.00. The third kappa shape index (κ3) is 2.63. The molecule has 0 amide bonds. The fraction of sp³-hybridized carbons (Fsp3) is 0.571. The molecule has 1 aliphatic rings. The summed E-state index contributed by atoms with van der Waals surface area (Å²) in [7, 11) is 0. The molecule has 0 spiro atoms. The number of hydrogen-bond donors (Lipinski definition) is 0. The van der Waals surface area contributed by atoms with Gasteiger partial charge in [-0.3, -0.25) is 0 Å². The lowest BCUT2D eigenvalue weighted by Gasteiger charge is -2.12. The zero-order valence-electron chi connectivity index (χ0n) is 9.43. The summed E-state index contributed by atoms with van der Waals surface area (Å²) in [6, 6.07) is 7.11. The Labute approximate surface area is 101 Å². The monoisotopic (exact) mass is 266 g/mol. The number of benzene rings is 1. The van der Waals surface area contributed by atoms with Gasteiger partial charge in [0.25, 0.3) is 0 Å². The number of aryl methyl sites for hydroxylation is 2. The molecule has 2 rings (SSSR count). The number of fused-ring (bicyclic) bond motifs is 1. The van der Waals surface area contributed by atoms with Gasteiger partial charge in [-0.2, -0.15) is 0 Å². The van der Waals surface area contributed by atoms with Gasteiger partial charge in [-0.1, -0.05) is 47.5 Å². The number of rotatable bonds is 4. The summed E-state index contributed by atoms with van der Waals surface area (Å²) in [5.41, 5.74) is 4.73. The Morgan fingerprint density at radius 1 is 1.27 bits per heavy atom. The average Bonchev–Trinajstić information content (AvgIpc) is 2.73. The van der Waals surface area contributed by atoms with Crippen LogP contribution in [-0.2, 0) is 19.3 Å². The van der Waals surface area contributed by atoms with Gasteiger partial charge in [0.1, 0.15) is 0 Å². The van der Waals surface area contributed by atoms with E-state index in [9.17, 15) is 0 Å². The molecule has 0 aromatic heterocycles. The molecule has 1 aliphatic carbocycles. The summed E-state index contributed by atoms with van der Waals surface area (Å²) in [5, 5.41) is 1.13. The third-order valence-electron chi connectivity index (χ3n) is 3.48. The van der Waals surface area contributed by atoms with E-state index in [1.807, 2.05) is 0 Å². The molecule has 0 N–H and O–H groups in total. The first kappa shape index (κ1) is 11.2. The highest BCUT2D eigenvalue weighted by molar-refractivity contribution is 9.09. The van der Waals surface area contributed by atoms with Crippen LogP contribution in [0, 0.1) is 5.92 Å². The Balaban J connectivity index is 2.09. The average molecular weight is 267 g/mol. The number of alkyl halides is 1. The SMILES string of the molecule is CCC(CBr)Cc1ccc2c(c1)CCC2. The van der Waals surface area contributed by atoms with Crippen LogP contribution in [0.4, 0.5) is 0 Å². The van der Waals surface area contributed by atoms with E-state index in [0.717, 1.165) is 11.2 Å².